The number of hydrogen-bond donors (Lipinski definition) is 2. The Kier molecular flexibility index (Phi) is 12.2. The van der Waals surface area contributed by atoms with Gasteiger partial charge < -0.3 is 20.3 Å². The van der Waals surface area contributed by atoms with E-state index in [-0.39, 0.29) is 10.7 Å². The molecule has 0 unspecified atom stereocenters. The second-order valence-electron chi connectivity index (χ2n) is 11.1. The molecule has 0 spiro atoms. The highest BCUT2D eigenvalue weighted by molar-refractivity contribution is 7.97. The molecule has 2 N–H and O–H groups in total. The number of ether oxygens (including phenoxy) is 1. The van der Waals surface area contributed by atoms with Crippen molar-refractivity contribution in [2.24, 2.45) is 0 Å². The number of morpholine rings is 1. The van der Waals surface area contributed by atoms with E-state index in [2.05, 4.69) is 72.2 Å². The van der Waals surface area contributed by atoms with Crippen molar-refractivity contribution >= 4 is 40.8 Å². The summed E-state index contributed by atoms with van der Waals surface area (Å²) in [6.07, 6.45) is 6.40. The van der Waals surface area contributed by atoms with E-state index in [0.29, 0.717) is 36.8 Å². The Morgan fingerprint density at radius 3 is 2.48 bits per heavy atom. The molecule has 0 aliphatic carbocycles. The van der Waals surface area contributed by atoms with E-state index in [4.69, 9.17) is 16.3 Å². The van der Waals surface area contributed by atoms with Gasteiger partial charge in [-0.3, -0.25) is 14.9 Å². The number of pyridine rings is 1. The first-order valence-corrected chi connectivity index (χ1v) is 16.7. The van der Waals surface area contributed by atoms with Gasteiger partial charge in [-0.2, -0.15) is 8.78 Å². The Balaban J connectivity index is 1.14. The highest BCUT2D eigenvalue weighted by Gasteiger charge is 2.37. The molecule has 4 heterocycles. The number of hydrogen-bond acceptors (Lipinski definition) is 10. The third kappa shape index (κ3) is 9.38. The second-order valence-corrected chi connectivity index (χ2v) is 12.7. The SMILES string of the molecule is C=CCCCNc1ccc(SN2CCN(c3cc(C(F)(F)c4cnc(C(=C)NCCN5CCOCC5)cn4)cc(Cl)n3)CC2)cc1. The maximum absolute atomic E-state index is 15.7. The number of unbranched alkanes of at least 4 members (excludes halogenated alkanes) is 1. The molecule has 246 valence electrons. The van der Waals surface area contributed by atoms with Gasteiger partial charge in [0.2, 0.25) is 0 Å². The normalized spacial score (nSPS) is 16.3. The Morgan fingerprint density at radius 1 is 1.02 bits per heavy atom. The fourth-order valence-corrected chi connectivity index (χ4v) is 6.28. The zero-order valence-corrected chi connectivity index (χ0v) is 27.5. The van der Waals surface area contributed by atoms with Crippen LogP contribution in [0, 0.1) is 0 Å². The Bertz CT molecular complexity index is 1430. The molecule has 2 aliphatic rings. The van der Waals surface area contributed by atoms with E-state index < -0.39 is 11.6 Å². The van der Waals surface area contributed by atoms with Crippen LogP contribution >= 0.6 is 23.5 Å². The maximum Gasteiger partial charge on any atom is 0.316 e. The number of halogens is 3. The number of piperazine rings is 1. The number of nitrogens with one attached hydrogen (secondary N) is 2. The molecule has 13 heteroatoms. The molecule has 0 bridgehead atoms. The van der Waals surface area contributed by atoms with Gasteiger partial charge in [-0.15, -0.1) is 6.58 Å². The Labute approximate surface area is 279 Å². The highest BCUT2D eigenvalue weighted by atomic mass is 35.5. The van der Waals surface area contributed by atoms with E-state index in [1.165, 1.54) is 18.3 Å². The van der Waals surface area contributed by atoms with Gasteiger partial charge in [-0.25, -0.2) is 9.29 Å². The van der Waals surface area contributed by atoms with Crippen LogP contribution in [0.5, 0.6) is 0 Å². The predicted molar refractivity (Wildman–Crippen MR) is 183 cm³/mol. The molecular weight excluding hydrogens is 630 g/mol. The van der Waals surface area contributed by atoms with Crippen LogP contribution in [0.15, 0.2) is 72.9 Å². The minimum atomic E-state index is -3.41. The van der Waals surface area contributed by atoms with Gasteiger partial charge in [-0.1, -0.05) is 24.3 Å². The zero-order valence-electron chi connectivity index (χ0n) is 25.9. The highest BCUT2D eigenvalue weighted by Crippen LogP contribution is 2.37. The Morgan fingerprint density at radius 2 is 1.78 bits per heavy atom. The van der Waals surface area contributed by atoms with E-state index in [0.717, 1.165) is 82.1 Å². The number of rotatable bonds is 15. The van der Waals surface area contributed by atoms with Crippen molar-refractivity contribution in [3.05, 3.63) is 90.1 Å². The molecular formula is C33H41ClF2N8OS. The molecule has 3 aromatic rings. The lowest BCUT2D eigenvalue weighted by Crippen LogP contribution is -2.43. The van der Waals surface area contributed by atoms with Crippen LogP contribution in [0.4, 0.5) is 20.3 Å². The summed E-state index contributed by atoms with van der Waals surface area (Å²) >= 11 is 7.96. The molecule has 46 heavy (non-hydrogen) atoms. The number of alkyl halides is 2. The minimum absolute atomic E-state index is 0.00426. The minimum Gasteiger partial charge on any atom is -0.385 e. The van der Waals surface area contributed by atoms with Crippen molar-refractivity contribution in [3.63, 3.8) is 0 Å². The van der Waals surface area contributed by atoms with Crippen LogP contribution in [0.25, 0.3) is 5.70 Å². The molecule has 2 fully saturated rings. The molecule has 2 aromatic heterocycles. The quantitative estimate of drug-likeness (QED) is 0.0901. The topological polar surface area (TPSA) is 81.7 Å². The molecule has 0 atom stereocenters. The van der Waals surface area contributed by atoms with E-state index in [1.807, 2.05) is 11.0 Å². The van der Waals surface area contributed by atoms with E-state index in [9.17, 15) is 0 Å². The summed E-state index contributed by atoms with van der Waals surface area (Å²) in [5.41, 5.74) is 1.30. The number of benzene rings is 1. The number of anilines is 2. The largest absolute Gasteiger partial charge is 0.385 e. The molecule has 9 nitrogen and oxygen atoms in total. The average molecular weight is 671 g/mol. The van der Waals surface area contributed by atoms with Crippen molar-refractivity contribution in [2.45, 2.75) is 23.7 Å². The van der Waals surface area contributed by atoms with Gasteiger partial charge in [0.1, 0.15) is 22.4 Å². The lowest BCUT2D eigenvalue weighted by molar-refractivity contribution is 0.0374. The van der Waals surface area contributed by atoms with Crippen LogP contribution in [0.1, 0.15) is 29.8 Å². The molecule has 0 saturated carbocycles. The van der Waals surface area contributed by atoms with Crippen molar-refractivity contribution in [2.75, 3.05) is 82.3 Å². The average Bonchev–Trinajstić information content (AvgIpc) is 3.08. The van der Waals surface area contributed by atoms with Crippen molar-refractivity contribution in [1.82, 2.24) is 29.5 Å². The summed E-state index contributed by atoms with van der Waals surface area (Å²) in [7, 11) is 0. The first-order valence-electron chi connectivity index (χ1n) is 15.6. The molecule has 0 amide bonds. The van der Waals surface area contributed by atoms with Gasteiger partial charge in [-0.05, 0) is 61.2 Å². The fraction of sp³-hybridized carbons (Fsp3) is 0.424. The van der Waals surface area contributed by atoms with Gasteiger partial charge in [0.15, 0.2) is 0 Å². The monoisotopic (exact) mass is 670 g/mol. The first kappa shape index (κ1) is 34.1. The van der Waals surface area contributed by atoms with Crippen LogP contribution in [-0.4, -0.2) is 96.3 Å². The first-order chi connectivity index (χ1) is 22.3. The lowest BCUT2D eigenvalue weighted by atomic mass is 10.1. The summed E-state index contributed by atoms with van der Waals surface area (Å²) < 4.78 is 39.1. The summed E-state index contributed by atoms with van der Waals surface area (Å²) in [6.45, 7) is 16.1. The van der Waals surface area contributed by atoms with Crippen molar-refractivity contribution < 1.29 is 13.5 Å². The third-order valence-corrected chi connectivity index (χ3v) is 9.16. The smallest absolute Gasteiger partial charge is 0.316 e. The molecule has 1 aromatic carbocycles. The lowest BCUT2D eigenvalue weighted by Gasteiger charge is -2.35. The van der Waals surface area contributed by atoms with Crippen molar-refractivity contribution in [3.8, 4) is 0 Å². The number of nitrogens with zero attached hydrogens (tertiary/aromatic N) is 6. The van der Waals surface area contributed by atoms with Crippen LogP contribution < -0.4 is 15.5 Å². The molecule has 5 rings (SSSR count). The summed E-state index contributed by atoms with van der Waals surface area (Å²) in [5, 5.41) is 6.63. The molecule has 2 saturated heterocycles. The zero-order chi connectivity index (χ0) is 32.4. The second kappa shape index (κ2) is 16.5. The number of aromatic nitrogens is 3. The fourth-order valence-electron chi connectivity index (χ4n) is 5.17. The van der Waals surface area contributed by atoms with Crippen LogP contribution in [0.3, 0.4) is 0 Å². The summed E-state index contributed by atoms with van der Waals surface area (Å²) in [5.74, 6) is -3.00. The van der Waals surface area contributed by atoms with Gasteiger partial charge >= 0.3 is 5.92 Å². The molecule has 0 radical (unpaired) electrons. The van der Waals surface area contributed by atoms with Crippen molar-refractivity contribution in [1.29, 1.82) is 0 Å². The summed E-state index contributed by atoms with van der Waals surface area (Å²) in [4.78, 5) is 18.1. The third-order valence-electron chi connectivity index (χ3n) is 7.86. The van der Waals surface area contributed by atoms with Gasteiger partial charge in [0.05, 0.1) is 31.3 Å². The van der Waals surface area contributed by atoms with Crippen LogP contribution in [-0.2, 0) is 10.7 Å². The van der Waals surface area contributed by atoms with E-state index in [1.54, 1.807) is 11.9 Å². The van der Waals surface area contributed by atoms with Crippen LogP contribution in [0.2, 0.25) is 5.15 Å². The van der Waals surface area contributed by atoms with E-state index >= 15 is 8.78 Å². The van der Waals surface area contributed by atoms with Gasteiger partial charge in [0.25, 0.3) is 0 Å². The standard InChI is InChI=1S/C33H41ClF2N8OS/c1-3-4-5-10-38-27-6-8-28(9-7-27)46-44-15-13-43(14-16-44)32-22-26(21-31(34)41-32)33(35,36)30-24-39-29(23-40-30)25(2)37-11-12-42-17-19-45-20-18-42/h3,6-9,21-24,37-38H,1-2,4-5,10-20H2. The Hall–Kier alpha value is -3.29. The van der Waals surface area contributed by atoms with Gasteiger partial charge in [0, 0.05) is 75.0 Å². The summed E-state index contributed by atoms with van der Waals surface area (Å²) in [6, 6.07) is 11.0. The number of allylic oxidation sites excluding steroid dienone is 1. The maximum atomic E-state index is 15.7. The molecule has 2 aliphatic heterocycles. The predicted octanol–water partition coefficient (Wildman–Crippen LogP) is 5.77.